The number of imide groups is 1. The standard InChI is InChI=1S/C30H28N4O7/c1-41-25-15-19(6-8-23(25)34(39)40)28(37)32-13-11-30(12-14-32)16-20(30)7-5-18-3-2-4-21-22(18)17-33(29(21)38)24-9-10-26(35)31-27(24)36/h2-4,6,8,15,20,24H,9-14,16-17H2,1H3,(H,31,35,36)/t20-,24+/m1/s1. The van der Waals surface area contributed by atoms with E-state index in [1.807, 2.05) is 6.07 Å². The van der Waals surface area contributed by atoms with Crippen LogP contribution in [0.25, 0.3) is 0 Å². The molecular weight excluding hydrogens is 528 g/mol. The highest BCUT2D eigenvalue weighted by Gasteiger charge is 2.54. The number of likely N-dealkylation sites (tertiary alicyclic amines) is 1. The lowest BCUT2D eigenvalue weighted by Gasteiger charge is -2.32. The van der Waals surface area contributed by atoms with Crippen molar-refractivity contribution in [3.05, 3.63) is 68.8 Å². The van der Waals surface area contributed by atoms with Crippen LogP contribution in [0.15, 0.2) is 36.4 Å². The molecule has 1 aliphatic carbocycles. The van der Waals surface area contributed by atoms with Gasteiger partial charge in [0.1, 0.15) is 6.04 Å². The average Bonchev–Trinajstić information content (AvgIpc) is 3.53. The summed E-state index contributed by atoms with van der Waals surface area (Å²) in [6, 6.07) is 8.95. The van der Waals surface area contributed by atoms with Gasteiger partial charge in [-0.25, -0.2) is 0 Å². The fraction of sp³-hybridized carbons (Fsp3) is 0.400. The molecule has 4 aliphatic rings. The van der Waals surface area contributed by atoms with Gasteiger partial charge in [-0.05, 0) is 54.9 Å². The summed E-state index contributed by atoms with van der Waals surface area (Å²) >= 11 is 0. The SMILES string of the molecule is COc1cc(C(=O)N2CCC3(CC2)C[C@H]3C#Cc2cccc3c2CN([C@H]2CCC(=O)NC2=O)C3=O)ccc1[N+](=O)[O-]. The Morgan fingerprint density at radius 1 is 1.17 bits per heavy atom. The zero-order chi connectivity index (χ0) is 28.9. The lowest BCUT2D eigenvalue weighted by atomic mass is 9.90. The number of hydrogen-bond acceptors (Lipinski definition) is 7. The molecule has 2 atom stereocenters. The smallest absolute Gasteiger partial charge is 0.310 e. The summed E-state index contributed by atoms with van der Waals surface area (Å²) in [5.41, 5.74) is 2.36. The third-order valence-electron chi connectivity index (χ3n) is 8.82. The average molecular weight is 557 g/mol. The van der Waals surface area contributed by atoms with Crippen LogP contribution in [-0.2, 0) is 16.1 Å². The third-order valence-corrected chi connectivity index (χ3v) is 8.82. The number of methoxy groups -OCH3 is 1. The van der Waals surface area contributed by atoms with Gasteiger partial charge in [0.15, 0.2) is 5.75 Å². The number of rotatable bonds is 4. The number of carbonyl (C=O) groups is 4. The number of piperidine rings is 2. The molecule has 2 saturated heterocycles. The Bertz CT molecular complexity index is 1560. The second-order valence-electron chi connectivity index (χ2n) is 11.1. The summed E-state index contributed by atoms with van der Waals surface area (Å²) in [4.78, 5) is 64.0. The zero-order valence-corrected chi connectivity index (χ0v) is 22.5. The Kier molecular flexibility index (Phi) is 6.49. The predicted octanol–water partition coefficient (Wildman–Crippen LogP) is 2.66. The van der Waals surface area contributed by atoms with E-state index in [2.05, 4.69) is 17.2 Å². The van der Waals surface area contributed by atoms with E-state index in [0.29, 0.717) is 30.6 Å². The Hall–Kier alpha value is -4.72. The van der Waals surface area contributed by atoms with E-state index in [1.54, 1.807) is 17.0 Å². The van der Waals surface area contributed by atoms with Crippen molar-refractivity contribution in [1.82, 2.24) is 15.1 Å². The molecular formula is C30H28N4O7. The maximum atomic E-state index is 13.1. The van der Waals surface area contributed by atoms with Crippen molar-refractivity contribution in [2.24, 2.45) is 11.3 Å². The molecule has 0 unspecified atom stereocenters. The fourth-order valence-corrected chi connectivity index (χ4v) is 6.27. The van der Waals surface area contributed by atoms with E-state index in [1.165, 1.54) is 30.2 Å². The van der Waals surface area contributed by atoms with E-state index in [0.717, 1.165) is 30.4 Å². The van der Waals surface area contributed by atoms with Crippen molar-refractivity contribution in [3.8, 4) is 17.6 Å². The number of nitro benzene ring substituents is 1. The molecule has 3 heterocycles. The minimum absolute atomic E-state index is 0.0567. The van der Waals surface area contributed by atoms with E-state index < -0.39 is 16.9 Å². The van der Waals surface area contributed by atoms with Crippen LogP contribution in [0.5, 0.6) is 5.75 Å². The van der Waals surface area contributed by atoms with Gasteiger partial charge in [0, 0.05) is 60.8 Å². The second kappa shape index (κ2) is 10.0. The van der Waals surface area contributed by atoms with Crippen LogP contribution < -0.4 is 10.1 Å². The van der Waals surface area contributed by atoms with Gasteiger partial charge in [0.2, 0.25) is 11.8 Å². The molecule has 210 valence electrons. The molecule has 11 nitrogen and oxygen atoms in total. The summed E-state index contributed by atoms with van der Waals surface area (Å²) in [6.07, 6.45) is 3.10. The van der Waals surface area contributed by atoms with Crippen LogP contribution in [0.3, 0.4) is 0 Å². The van der Waals surface area contributed by atoms with Gasteiger partial charge in [0.25, 0.3) is 11.8 Å². The number of nitro groups is 1. The molecule has 3 fully saturated rings. The zero-order valence-electron chi connectivity index (χ0n) is 22.5. The van der Waals surface area contributed by atoms with E-state index in [9.17, 15) is 29.3 Å². The number of hydrogen-bond donors (Lipinski definition) is 1. The molecule has 2 aromatic rings. The highest BCUT2D eigenvalue weighted by Crippen LogP contribution is 2.59. The Labute approximate surface area is 236 Å². The molecule has 11 heteroatoms. The van der Waals surface area contributed by atoms with Gasteiger partial charge in [-0.3, -0.25) is 34.6 Å². The first-order valence-corrected chi connectivity index (χ1v) is 13.6. The van der Waals surface area contributed by atoms with Crippen molar-refractivity contribution in [3.63, 3.8) is 0 Å². The molecule has 3 aliphatic heterocycles. The van der Waals surface area contributed by atoms with Crippen molar-refractivity contribution in [1.29, 1.82) is 0 Å². The molecule has 4 amide bonds. The highest BCUT2D eigenvalue weighted by molar-refractivity contribution is 6.05. The summed E-state index contributed by atoms with van der Waals surface area (Å²) in [5, 5.41) is 13.5. The minimum Gasteiger partial charge on any atom is -0.490 e. The Morgan fingerprint density at radius 2 is 1.95 bits per heavy atom. The van der Waals surface area contributed by atoms with Crippen molar-refractivity contribution >= 4 is 29.3 Å². The number of ether oxygens (including phenoxy) is 1. The number of nitrogens with one attached hydrogen (secondary N) is 1. The maximum absolute atomic E-state index is 13.1. The number of amides is 4. The van der Waals surface area contributed by atoms with Gasteiger partial charge in [-0.15, -0.1) is 0 Å². The fourth-order valence-electron chi connectivity index (χ4n) is 6.27. The number of benzene rings is 2. The molecule has 0 radical (unpaired) electrons. The van der Waals surface area contributed by atoms with Crippen molar-refractivity contribution in [2.45, 2.75) is 44.7 Å². The van der Waals surface area contributed by atoms with Crippen LogP contribution in [0.1, 0.15) is 63.9 Å². The summed E-state index contributed by atoms with van der Waals surface area (Å²) in [5.74, 6) is 5.80. The topological polar surface area (TPSA) is 139 Å². The molecule has 6 rings (SSSR count). The lowest BCUT2D eigenvalue weighted by molar-refractivity contribution is -0.385. The molecule has 0 bridgehead atoms. The number of nitrogens with zero attached hydrogens (tertiary/aromatic N) is 3. The molecule has 41 heavy (non-hydrogen) atoms. The molecule has 2 aromatic carbocycles. The first-order chi connectivity index (χ1) is 19.7. The summed E-state index contributed by atoms with van der Waals surface area (Å²) in [7, 11) is 1.34. The summed E-state index contributed by atoms with van der Waals surface area (Å²) in [6.45, 7) is 1.44. The monoisotopic (exact) mass is 556 g/mol. The molecule has 1 N–H and O–H groups in total. The van der Waals surface area contributed by atoms with Gasteiger partial charge >= 0.3 is 5.69 Å². The quantitative estimate of drug-likeness (QED) is 0.264. The third kappa shape index (κ3) is 4.69. The van der Waals surface area contributed by atoms with Crippen LogP contribution >= 0.6 is 0 Å². The van der Waals surface area contributed by atoms with Gasteiger partial charge in [0.05, 0.1) is 12.0 Å². The number of fused-ring (bicyclic) bond motifs is 1. The van der Waals surface area contributed by atoms with E-state index in [-0.39, 0.29) is 53.5 Å². The summed E-state index contributed by atoms with van der Waals surface area (Å²) < 4.78 is 5.11. The van der Waals surface area contributed by atoms with Crippen LogP contribution in [0.4, 0.5) is 5.69 Å². The molecule has 1 saturated carbocycles. The second-order valence-corrected chi connectivity index (χ2v) is 11.1. The molecule has 1 spiro atoms. The number of carbonyl (C=O) groups excluding carboxylic acids is 4. The minimum atomic E-state index is -0.667. The predicted molar refractivity (Wildman–Crippen MR) is 145 cm³/mol. The van der Waals surface area contributed by atoms with Gasteiger partial charge in [-0.2, -0.15) is 0 Å². The first kappa shape index (κ1) is 26.5. The van der Waals surface area contributed by atoms with Crippen molar-refractivity contribution in [2.75, 3.05) is 20.2 Å². The van der Waals surface area contributed by atoms with Gasteiger partial charge < -0.3 is 14.5 Å². The van der Waals surface area contributed by atoms with E-state index in [4.69, 9.17) is 4.74 Å². The largest absolute Gasteiger partial charge is 0.490 e. The highest BCUT2D eigenvalue weighted by atomic mass is 16.6. The van der Waals surface area contributed by atoms with Crippen LogP contribution in [0, 0.1) is 33.3 Å². The normalized spacial score (nSPS) is 22.5. The van der Waals surface area contributed by atoms with E-state index >= 15 is 0 Å². The Balaban J connectivity index is 1.10. The lowest BCUT2D eigenvalue weighted by Crippen LogP contribution is -2.52. The maximum Gasteiger partial charge on any atom is 0.310 e. The molecule has 0 aromatic heterocycles. The van der Waals surface area contributed by atoms with Gasteiger partial charge in [-0.1, -0.05) is 17.9 Å². The Morgan fingerprint density at radius 3 is 2.66 bits per heavy atom. The van der Waals surface area contributed by atoms with Crippen molar-refractivity contribution < 1.29 is 28.8 Å². The van der Waals surface area contributed by atoms with Crippen LogP contribution in [0.2, 0.25) is 0 Å². The first-order valence-electron chi connectivity index (χ1n) is 13.6. The van der Waals surface area contributed by atoms with Crippen LogP contribution in [-0.4, -0.2) is 64.6 Å².